The summed E-state index contributed by atoms with van der Waals surface area (Å²) in [5.74, 6) is -0.873. The lowest BCUT2D eigenvalue weighted by molar-refractivity contribution is -0.146. The van der Waals surface area contributed by atoms with Gasteiger partial charge in [0, 0.05) is 18.8 Å². The predicted molar refractivity (Wildman–Crippen MR) is 73.8 cm³/mol. The number of nitrogens with one attached hydrogen (secondary N) is 1. The molecule has 0 bridgehead atoms. The normalized spacial score (nSPS) is 11.2. The number of amides is 1. The van der Waals surface area contributed by atoms with Crippen molar-refractivity contribution in [2.45, 2.75) is 33.8 Å². The topological polar surface area (TPSA) is 88.5 Å². The molecule has 0 atom stereocenters. The van der Waals surface area contributed by atoms with Crippen molar-refractivity contribution in [2.24, 2.45) is 5.41 Å². The van der Waals surface area contributed by atoms with Crippen LogP contribution < -0.4 is 10.1 Å². The highest BCUT2D eigenvalue weighted by atomic mass is 16.5. The van der Waals surface area contributed by atoms with E-state index in [-0.39, 0.29) is 18.6 Å². The molecular weight excluding hydrogens is 260 g/mol. The third-order valence-electron chi connectivity index (χ3n) is 2.62. The van der Waals surface area contributed by atoms with Crippen molar-refractivity contribution in [3.8, 4) is 5.88 Å². The molecule has 6 heteroatoms. The number of carboxylic acids is 1. The maximum atomic E-state index is 11.9. The molecule has 110 valence electrons. The van der Waals surface area contributed by atoms with Gasteiger partial charge in [0.05, 0.1) is 17.1 Å². The van der Waals surface area contributed by atoms with Crippen molar-refractivity contribution in [3.05, 3.63) is 23.9 Å². The number of hydrogen-bond acceptors (Lipinski definition) is 4. The number of carboxylic acid groups (broad SMARTS) is 1. The number of carbonyl (C=O) groups excluding carboxylic acids is 1. The molecule has 0 saturated carbocycles. The monoisotopic (exact) mass is 280 g/mol. The van der Waals surface area contributed by atoms with Crippen molar-refractivity contribution in [2.75, 3.05) is 6.54 Å². The lowest BCUT2D eigenvalue weighted by Gasteiger charge is -2.19. The number of aliphatic carboxylic acids is 1. The summed E-state index contributed by atoms with van der Waals surface area (Å²) < 4.78 is 5.37. The summed E-state index contributed by atoms with van der Waals surface area (Å²) in [6.45, 7) is 6.92. The molecule has 1 heterocycles. The van der Waals surface area contributed by atoms with Crippen LogP contribution in [-0.4, -0.2) is 34.6 Å². The molecule has 0 saturated heterocycles. The molecule has 0 aliphatic rings. The SMILES string of the molecule is CC(C)Oc1ccc(C(=O)NCC(C)(C)C(=O)O)cn1. The minimum Gasteiger partial charge on any atom is -0.481 e. The zero-order valence-corrected chi connectivity index (χ0v) is 12.1. The second kappa shape index (κ2) is 6.36. The minimum absolute atomic E-state index is 0.0125. The summed E-state index contributed by atoms with van der Waals surface area (Å²) >= 11 is 0. The fourth-order valence-electron chi connectivity index (χ4n) is 1.30. The average Bonchev–Trinajstić information content (AvgIpc) is 2.36. The van der Waals surface area contributed by atoms with Crippen LogP contribution >= 0.6 is 0 Å². The molecule has 6 nitrogen and oxygen atoms in total. The second-order valence-corrected chi connectivity index (χ2v) is 5.42. The molecule has 0 fully saturated rings. The molecular formula is C14H20N2O4. The molecule has 0 unspecified atom stereocenters. The summed E-state index contributed by atoms with van der Waals surface area (Å²) in [6.07, 6.45) is 1.42. The summed E-state index contributed by atoms with van der Waals surface area (Å²) in [5.41, 5.74) is -0.647. The van der Waals surface area contributed by atoms with E-state index in [1.54, 1.807) is 26.0 Å². The Bertz CT molecular complexity index is 480. The minimum atomic E-state index is -1.01. The first-order valence-corrected chi connectivity index (χ1v) is 6.36. The van der Waals surface area contributed by atoms with Gasteiger partial charge >= 0.3 is 5.97 Å². The number of carbonyl (C=O) groups is 2. The van der Waals surface area contributed by atoms with Gasteiger partial charge in [-0.3, -0.25) is 9.59 Å². The maximum absolute atomic E-state index is 11.9. The van der Waals surface area contributed by atoms with Crippen LogP contribution in [0.1, 0.15) is 38.1 Å². The van der Waals surface area contributed by atoms with Crippen LogP contribution in [0.25, 0.3) is 0 Å². The molecule has 1 aromatic heterocycles. The van der Waals surface area contributed by atoms with Crippen molar-refractivity contribution in [1.82, 2.24) is 10.3 Å². The van der Waals surface area contributed by atoms with E-state index in [2.05, 4.69) is 10.3 Å². The van der Waals surface area contributed by atoms with E-state index < -0.39 is 11.4 Å². The van der Waals surface area contributed by atoms with Crippen LogP contribution in [0.2, 0.25) is 0 Å². The Morgan fingerprint density at radius 2 is 2.05 bits per heavy atom. The van der Waals surface area contributed by atoms with E-state index >= 15 is 0 Å². The Labute approximate surface area is 118 Å². The lowest BCUT2D eigenvalue weighted by Crippen LogP contribution is -2.38. The van der Waals surface area contributed by atoms with Gasteiger partial charge in [-0.15, -0.1) is 0 Å². The van der Waals surface area contributed by atoms with Gasteiger partial charge < -0.3 is 15.2 Å². The van der Waals surface area contributed by atoms with Crippen LogP contribution in [0, 0.1) is 5.41 Å². The van der Waals surface area contributed by atoms with Crippen LogP contribution in [0.4, 0.5) is 0 Å². The fraction of sp³-hybridized carbons (Fsp3) is 0.500. The van der Waals surface area contributed by atoms with Crippen LogP contribution in [0.5, 0.6) is 5.88 Å². The molecule has 0 radical (unpaired) electrons. The predicted octanol–water partition coefficient (Wildman–Crippen LogP) is 1.71. The molecule has 0 spiro atoms. The number of nitrogens with zero attached hydrogens (tertiary/aromatic N) is 1. The molecule has 0 aromatic carbocycles. The van der Waals surface area contributed by atoms with Crippen molar-refractivity contribution >= 4 is 11.9 Å². The summed E-state index contributed by atoms with van der Waals surface area (Å²) in [6, 6.07) is 3.20. The zero-order valence-electron chi connectivity index (χ0n) is 12.1. The average molecular weight is 280 g/mol. The number of pyridine rings is 1. The molecule has 1 amide bonds. The molecule has 2 N–H and O–H groups in total. The van der Waals surface area contributed by atoms with E-state index in [0.717, 1.165) is 0 Å². The number of aromatic nitrogens is 1. The van der Waals surface area contributed by atoms with E-state index in [4.69, 9.17) is 9.84 Å². The van der Waals surface area contributed by atoms with Gasteiger partial charge in [-0.25, -0.2) is 4.98 Å². The second-order valence-electron chi connectivity index (χ2n) is 5.42. The van der Waals surface area contributed by atoms with Gasteiger partial charge in [-0.1, -0.05) is 0 Å². The smallest absolute Gasteiger partial charge is 0.310 e. The maximum Gasteiger partial charge on any atom is 0.310 e. The quantitative estimate of drug-likeness (QED) is 0.828. The molecule has 20 heavy (non-hydrogen) atoms. The summed E-state index contributed by atoms with van der Waals surface area (Å²) in [4.78, 5) is 26.8. The van der Waals surface area contributed by atoms with E-state index in [1.807, 2.05) is 13.8 Å². The number of hydrogen-bond donors (Lipinski definition) is 2. The molecule has 0 aliphatic heterocycles. The van der Waals surface area contributed by atoms with E-state index in [0.29, 0.717) is 11.4 Å². The first kappa shape index (κ1) is 15.9. The van der Waals surface area contributed by atoms with Crippen molar-refractivity contribution in [3.63, 3.8) is 0 Å². The van der Waals surface area contributed by atoms with Gasteiger partial charge in [-0.2, -0.15) is 0 Å². The highest BCUT2D eigenvalue weighted by Crippen LogP contribution is 2.14. The third kappa shape index (κ3) is 4.53. The van der Waals surface area contributed by atoms with Crippen LogP contribution in [0.15, 0.2) is 18.3 Å². The molecule has 1 rings (SSSR count). The van der Waals surface area contributed by atoms with Crippen LogP contribution in [0.3, 0.4) is 0 Å². The highest BCUT2D eigenvalue weighted by molar-refractivity contribution is 5.94. The largest absolute Gasteiger partial charge is 0.481 e. The van der Waals surface area contributed by atoms with Gasteiger partial charge in [0.25, 0.3) is 5.91 Å². The van der Waals surface area contributed by atoms with E-state index in [9.17, 15) is 9.59 Å². The fourth-order valence-corrected chi connectivity index (χ4v) is 1.30. The number of ether oxygens (including phenoxy) is 1. The van der Waals surface area contributed by atoms with Crippen molar-refractivity contribution < 1.29 is 19.4 Å². The van der Waals surface area contributed by atoms with Crippen molar-refractivity contribution in [1.29, 1.82) is 0 Å². The van der Waals surface area contributed by atoms with Gasteiger partial charge in [0.15, 0.2) is 0 Å². The van der Waals surface area contributed by atoms with Crippen LogP contribution in [-0.2, 0) is 4.79 Å². The van der Waals surface area contributed by atoms with E-state index in [1.165, 1.54) is 6.20 Å². The Balaban J connectivity index is 2.62. The Morgan fingerprint density at radius 3 is 2.50 bits per heavy atom. The molecule has 1 aromatic rings. The first-order valence-electron chi connectivity index (χ1n) is 6.36. The van der Waals surface area contributed by atoms with Gasteiger partial charge in [0.2, 0.25) is 5.88 Å². The van der Waals surface area contributed by atoms with Gasteiger partial charge in [-0.05, 0) is 33.8 Å². The Kier molecular flexibility index (Phi) is 5.07. The molecule has 0 aliphatic carbocycles. The summed E-state index contributed by atoms with van der Waals surface area (Å²) in [7, 11) is 0. The summed E-state index contributed by atoms with van der Waals surface area (Å²) in [5, 5.41) is 11.5. The Hall–Kier alpha value is -2.11. The first-order chi connectivity index (χ1) is 9.22. The Morgan fingerprint density at radius 1 is 1.40 bits per heavy atom. The van der Waals surface area contributed by atoms with Gasteiger partial charge in [0.1, 0.15) is 0 Å². The highest BCUT2D eigenvalue weighted by Gasteiger charge is 2.27. The lowest BCUT2D eigenvalue weighted by atomic mass is 9.94. The number of rotatable bonds is 6. The standard InChI is InChI=1S/C14H20N2O4/c1-9(2)20-11-6-5-10(7-15-11)12(17)16-8-14(3,4)13(18)19/h5-7,9H,8H2,1-4H3,(H,16,17)(H,18,19). The third-order valence-corrected chi connectivity index (χ3v) is 2.62. The zero-order chi connectivity index (χ0) is 15.3.